The Labute approximate surface area is 257 Å². The van der Waals surface area contributed by atoms with Crippen molar-refractivity contribution in [3.63, 3.8) is 0 Å². The molecular formula is C32H29ClF3N7O. The summed E-state index contributed by atoms with van der Waals surface area (Å²) in [5.41, 5.74) is 5.74. The van der Waals surface area contributed by atoms with Crippen LogP contribution in [0.1, 0.15) is 24.0 Å². The molecule has 0 spiro atoms. The number of aromatic amines is 1. The first kappa shape index (κ1) is 30.6. The number of H-pyrrole nitrogens is 1. The van der Waals surface area contributed by atoms with Crippen molar-refractivity contribution in [2.75, 3.05) is 22.1 Å². The fourth-order valence-corrected chi connectivity index (χ4v) is 4.91. The van der Waals surface area contributed by atoms with Gasteiger partial charge in [-0.05, 0) is 76.9 Å². The summed E-state index contributed by atoms with van der Waals surface area (Å²) in [6, 6.07) is 26.9. The number of rotatable bonds is 10. The average molecular weight is 620 g/mol. The van der Waals surface area contributed by atoms with Gasteiger partial charge in [-0.25, -0.2) is 9.89 Å². The number of carbonyl (C=O) groups is 1. The maximum absolute atomic E-state index is 13.2. The quantitative estimate of drug-likeness (QED) is 0.146. The zero-order chi connectivity index (χ0) is 31.1. The molecule has 1 heterocycles. The highest BCUT2D eigenvalue weighted by Crippen LogP contribution is 2.37. The van der Waals surface area contributed by atoms with E-state index in [1.54, 1.807) is 36.4 Å². The van der Waals surface area contributed by atoms with E-state index in [9.17, 15) is 18.0 Å². The van der Waals surface area contributed by atoms with Gasteiger partial charge in [-0.2, -0.15) is 13.2 Å². The van der Waals surface area contributed by atoms with Crippen LogP contribution >= 0.6 is 11.6 Å². The van der Waals surface area contributed by atoms with Crippen molar-refractivity contribution in [2.24, 2.45) is 0 Å². The van der Waals surface area contributed by atoms with Gasteiger partial charge in [-0.3, -0.25) is 0 Å². The number of tetrazole rings is 1. The van der Waals surface area contributed by atoms with E-state index < -0.39 is 18.6 Å². The van der Waals surface area contributed by atoms with Gasteiger partial charge < -0.3 is 15.5 Å². The van der Waals surface area contributed by atoms with Gasteiger partial charge in [0, 0.05) is 35.8 Å². The number of alkyl halides is 3. The zero-order valence-electron chi connectivity index (χ0n) is 23.7. The molecular weight excluding hydrogens is 591 g/mol. The molecule has 1 aromatic heterocycles. The molecule has 44 heavy (non-hydrogen) atoms. The van der Waals surface area contributed by atoms with Crippen LogP contribution in [0.5, 0.6) is 0 Å². The van der Waals surface area contributed by atoms with E-state index >= 15 is 0 Å². The Balaban J connectivity index is 1.54. The minimum atomic E-state index is -4.29. The number of aryl methyl sites for hydroxylation is 1. The highest BCUT2D eigenvalue weighted by Gasteiger charge is 2.27. The lowest BCUT2D eigenvalue weighted by Gasteiger charge is -2.28. The van der Waals surface area contributed by atoms with Gasteiger partial charge in [-0.15, -0.1) is 5.10 Å². The van der Waals surface area contributed by atoms with Crippen molar-refractivity contribution >= 4 is 34.7 Å². The number of nitrogens with one attached hydrogen (secondary N) is 3. The normalized spacial score (nSPS) is 11.3. The number of urea groups is 1. The summed E-state index contributed by atoms with van der Waals surface area (Å²) < 4.78 is 39.4. The van der Waals surface area contributed by atoms with Gasteiger partial charge in [0.15, 0.2) is 5.82 Å². The molecule has 0 radical (unpaired) electrons. The van der Waals surface area contributed by atoms with Crippen LogP contribution in [0.15, 0.2) is 91.0 Å². The number of halogens is 4. The average Bonchev–Trinajstić information content (AvgIpc) is 3.53. The molecule has 3 N–H and O–H groups in total. The number of carbonyl (C=O) groups excluding carboxylic acids is 1. The van der Waals surface area contributed by atoms with Crippen molar-refractivity contribution in [1.82, 2.24) is 20.6 Å². The highest BCUT2D eigenvalue weighted by atomic mass is 35.5. The topological polar surface area (TPSA) is 98.8 Å². The zero-order valence-corrected chi connectivity index (χ0v) is 24.5. The maximum Gasteiger partial charge on any atom is 0.389 e. The summed E-state index contributed by atoms with van der Waals surface area (Å²) in [6.07, 6.45) is -5.35. The minimum Gasteiger partial charge on any atom is -0.366 e. The second kappa shape index (κ2) is 13.6. The lowest BCUT2D eigenvalue weighted by molar-refractivity contribution is -0.135. The van der Waals surface area contributed by atoms with E-state index in [1.807, 2.05) is 66.4 Å². The second-order valence-electron chi connectivity index (χ2n) is 10.2. The number of nitrogens with zero attached hydrogens (tertiary/aromatic N) is 4. The molecule has 0 saturated heterocycles. The van der Waals surface area contributed by atoms with Crippen LogP contribution in [-0.2, 0) is 6.54 Å². The van der Waals surface area contributed by atoms with E-state index in [0.717, 1.165) is 27.8 Å². The lowest BCUT2D eigenvalue weighted by atomic mass is 9.98. The SMILES string of the molecule is Cc1ccc(NC(=O)Nc2cc(-c3ccccc3-c3nnn[nH]3)ccc2N(CCCC(F)(F)F)Cc2ccc(Cl)cc2)cc1. The Kier molecular flexibility index (Phi) is 9.44. The van der Waals surface area contributed by atoms with E-state index in [4.69, 9.17) is 11.6 Å². The van der Waals surface area contributed by atoms with E-state index in [0.29, 0.717) is 34.5 Å². The third-order valence-corrected chi connectivity index (χ3v) is 7.16. The monoisotopic (exact) mass is 619 g/mol. The molecule has 5 aromatic rings. The molecule has 0 aliphatic heterocycles. The molecule has 8 nitrogen and oxygen atoms in total. The number of aromatic nitrogens is 4. The predicted octanol–water partition coefficient (Wildman–Crippen LogP) is 8.49. The summed E-state index contributed by atoms with van der Waals surface area (Å²) in [4.78, 5) is 15.1. The molecule has 0 aliphatic carbocycles. The number of hydrogen-bond donors (Lipinski definition) is 3. The molecule has 0 atom stereocenters. The number of anilines is 3. The molecule has 0 bridgehead atoms. The largest absolute Gasteiger partial charge is 0.389 e. The summed E-state index contributed by atoms with van der Waals surface area (Å²) in [5, 5.41) is 20.5. The van der Waals surface area contributed by atoms with Crippen LogP contribution in [0.3, 0.4) is 0 Å². The summed E-state index contributed by atoms with van der Waals surface area (Å²) in [7, 11) is 0. The van der Waals surface area contributed by atoms with Gasteiger partial charge >= 0.3 is 12.2 Å². The first-order valence-corrected chi connectivity index (χ1v) is 14.2. The second-order valence-corrected chi connectivity index (χ2v) is 10.7. The lowest BCUT2D eigenvalue weighted by Crippen LogP contribution is -2.27. The minimum absolute atomic E-state index is 0.0933. The summed E-state index contributed by atoms with van der Waals surface area (Å²) >= 11 is 6.07. The molecule has 2 amide bonds. The Bertz CT molecular complexity index is 1690. The van der Waals surface area contributed by atoms with Crippen molar-refractivity contribution in [3.05, 3.63) is 107 Å². The first-order valence-electron chi connectivity index (χ1n) is 13.8. The van der Waals surface area contributed by atoms with Crippen LogP contribution in [-0.4, -0.2) is 39.4 Å². The van der Waals surface area contributed by atoms with E-state index in [1.165, 1.54) is 0 Å². The Morgan fingerprint density at radius 3 is 2.34 bits per heavy atom. The fraction of sp³-hybridized carbons (Fsp3) is 0.188. The highest BCUT2D eigenvalue weighted by molar-refractivity contribution is 6.30. The Morgan fingerprint density at radius 1 is 0.932 bits per heavy atom. The van der Waals surface area contributed by atoms with E-state index in [-0.39, 0.29) is 13.0 Å². The predicted molar refractivity (Wildman–Crippen MR) is 167 cm³/mol. The molecule has 12 heteroatoms. The van der Waals surface area contributed by atoms with Crippen molar-refractivity contribution in [1.29, 1.82) is 0 Å². The maximum atomic E-state index is 13.2. The van der Waals surface area contributed by atoms with Crippen molar-refractivity contribution < 1.29 is 18.0 Å². The van der Waals surface area contributed by atoms with Gasteiger partial charge in [0.25, 0.3) is 0 Å². The van der Waals surface area contributed by atoms with Crippen molar-refractivity contribution in [3.8, 4) is 22.5 Å². The first-order chi connectivity index (χ1) is 21.1. The van der Waals surface area contributed by atoms with Crippen LogP contribution in [0.4, 0.5) is 35.0 Å². The van der Waals surface area contributed by atoms with Gasteiger partial charge in [0.05, 0.1) is 11.4 Å². The molecule has 4 aromatic carbocycles. The molecule has 0 unspecified atom stereocenters. The van der Waals surface area contributed by atoms with Crippen LogP contribution in [0.2, 0.25) is 5.02 Å². The van der Waals surface area contributed by atoms with Crippen LogP contribution in [0.25, 0.3) is 22.5 Å². The molecule has 0 saturated carbocycles. The van der Waals surface area contributed by atoms with Gasteiger partial charge in [0.1, 0.15) is 0 Å². The van der Waals surface area contributed by atoms with Gasteiger partial charge in [0.2, 0.25) is 0 Å². The number of hydrogen-bond acceptors (Lipinski definition) is 5. The molecule has 5 rings (SSSR count). The molecule has 0 aliphatic rings. The Hall–Kier alpha value is -4.90. The smallest absolute Gasteiger partial charge is 0.366 e. The van der Waals surface area contributed by atoms with Crippen LogP contribution < -0.4 is 15.5 Å². The third kappa shape index (κ3) is 8.13. The van der Waals surface area contributed by atoms with Gasteiger partial charge in [-0.1, -0.05) is 71.8 Å². The van der Waals surface area contributed by atoms with Crippen LogP contribution in [0, 0.1) is 6.92 Å². The molecule has 0 fully saturated rings. The molecule has 226 valence electrons. The number of benzene rings is 4. The van der Waals surface area contributed by atoms with E-state index in [2.05, 4.69) is 31.3 Å². The standard InChI is InChI=1S/C32H29ClF3N7O/c1-21-7-14-25(15-8-21)37-31(44)38-28-19-23(26-5-2-3-6-27(26)30-39-41-42-40-30)11-16-29(28)43(18-4-17-32(34,35)36)20-22-9-12-24(33)13-10-22/h2-3,5-16,19H,4,17-18,20H2,1H3,(H2,37,38,44)(H,39,40,41,42). The summed E-state index contributed by atoms with van der Waals surface area (Å²) in [6.45, 7) is 2.33. The third-order valence-electron chi connectivity index (χ3n) is 6.91. The summed E-state index contributed by atoms with van der Waals surface area (Å²) in [5.74, 6) is 0.466. The van der Waals surface area contributed by atoms with Crippen molar-refractivity contribution in [2.45, 2.75) is 32.5 Å². The Morgan fingerprint density at radius 2 is 1.66 bits per heavy atom. The number of amides is 2. The fourth-order valence-electron chi connectivity index (χ4n) is 4.78.